The van der Waals surface area contributed by atoms with Crippen LogP contribution in [0.25, 0.3) is 44.2 Å². The van der Waals surface area contributed by atoms with E-state index in [1.165, 1.54) is 43.5 Å². The first-order chi connectivity index (χ1) is 21.1. The van der Waals surface area contributed by atoms with E-state index in [0.29, 0.717) is 5.56 Å². The van der Waals surface area contributed by atoms with Gasteiger partial charge in [0.05, 0.1) is 28.4 Å². The summed E-state index contributed by atoms with van der Waals surface area (Å²) in [6.45, 7) is 4.70. The lowest BCUT2D eigenvalue weighted by Crippen LogP contribution is -2.15. The fourth-order valence-corrected chi connectivity index (χ4v) is 8.20. The van der Waals surface area contributed by atoms with E-state index in [2.05, 4.69) is 134 Å². The SMILES string of the molecule is CC1(C)C2=C/CSc3cc(-c4c(C#N)cccc4-n4c5ccccc5c5ccccc54)ccc3C/C=C\2c2ccccc21. The third-order valence-electron chi connectivity index (χ3n) is 9.25. The van der Waals surface area contributed by atoms with E-state index in [0.717, 1.165) is 40.0 Å². The van der Waals surface area contributed by atoms with Crippen molar-refractivity contribution >= 4 is 39.1 Å². The first-order valence-corrected chi connectivity index (χ1v) is 15.8. The van der Waals surface area contributed by atoms with Gasteiger partial charge in [0, 0.05) is 32.4 Å². The maximum Gasteiger partial charge on any atom is 0.0998 e. The van der Waals surface area contributed by atoms with Crippen molar-refractivity contribution in [3.05, 3.63) is 149 Å². The van der Waals surface area contributed by atoms with E-state index in [1.54, 1.807) is 0 Å². The molecule has 1 aliphatic heterocycles. The van der Waals surface area contributed by atoms with E-state index in [4.69, 9.17) is 0 Å². The maximum absolute atomic E-state index is 10.3. The highest BCUT2D eigenvalue weighted by Gasteiger charge is 2.37. The lowest BCUT2D eigenvalue weighted by molar-refractivity contribution is 0.660. The first kappa shape index (κ1) is 25.9. The van der Waals surface area contributed by atoms with E-state index >= 15 is 0 Å². The molecule has 0 unspecified atom stereocenters. The van der Waals surface area contributed by atoms with Gasteiger partial charge in [0.25, 0.3) is 0 Å². The molecule has 6 aromatic rings. The van der Waals surface area contributed by atoms with Crippen LogP contribution in [0.1, 0.15) is 36.1 Å². The Hall–Kier alpha value is -4.78. The minimum absolute atomic E-state index is 0.00633. The average Bonchev–Trinajstić information content (AvgIpc) is 3.51. The molecule has 5 aromatic carbocycles. The van der Waals surface area contributed by atoms with Gasteiger partial charge < -0.3 is 4.57 Å². The smallest absolute Gasteiger partial charge is 0.0998 e. The molecule has 3 heteroatoms. The topological polar surface area (TPSA) is 28.7 Å². The zero-order valence-corrected chi connectivity index (χ0v) is 25.1. The molecule has 2 heterocycles. The van der Waals surface area contributed by atoms with Crippen LogP contribution in [0.15, 0.2) is 132 Å². The molecule has 0 radical (unpaired) electrons. The molecular formula is C40H30N2S. The van der Waals surface area contributed by atoms with Crippen molar-refractivity contribution < 1.29 is 0 Å². The van der Waals surface area contributed by atoms with Crippen molar-refractivity contribution in [3.63, 3.8) is 0 Å². The van der Waals surface area contributed by atoms with Gasteiger partial charge in [0.1, 0.15) is 0 Å². The lowest BCUT2D eigenvalue weighted by atomic mass is 9.82. The molecule has 0 fully saturated rings. The molecule has 0 saturated carbocycles. The third kappa shape index (κ3) is 3.94. The van der Waals surface area contributed by atoms with Crippen LogP contribution >= 0.6 is 11.8 Å². The molecule has 1 aliphatic carbocycles. The van der Waals surface area contributed by atoms with Gasteiger partial charge in [-0.15, -0.1) is 11.8 Å². The summed E-state index contributed by atoms with van der Waals surface area (Å²) >= 11 is 1.90. The van der Waals surface area contributed by atoms with Gasteiger partial charge in [-0.2, -0.15) is 5.26 Å². The predicted octanol–water partition coefficient (Wildman–Crippen LogP) is 10.3. The second-order valence-electron chi connectivity index (χ2n) is 11.9. The summed E-state index contributed by atoms with van der Waals surface area (Å²) in [4.78, 5) is 1.28. The first-order valence-electron chi connectivity index (χ1n) is 14.8. The standard InChI is InChI=1S/C40H30N2S/c1-40(2)33-14-6-3-11-29(33)30-21-20-26-18-19-27(24-38(26)43-23-22-34(30)40)39-28(25-41)10-9-17-37(39)42-35-15-7-4-12-31(35)32-13-5-8-16-36(32)42/h3-19,21-22,24H,20,23H2,1-2H3/b30-21-,34-22+. The fourth-order valence-electron chi connectivity index (χ4n) is 7.22. The molecule has 0 saturated heterocycles. The van der Waals surface area contributed by atoms with Crippen molar-refractivity contribution in [2.45, 2.75) is 30.6 Å². The number of hydrogen-bond donors (Lipinski definition) is 0. The number of hydrogen-bond acceptors (Lipinski definition) is 2. The van der Waals surface area contributed by atoms with Crippen molar-refractivity contribution in [2.75, 3.05) is 5.75 Å². The quantitative estimate of drug-likeness (QED) is 0.207. The van der Waals surface area contributed by atoms with Crippen molar-refractivity contribution in [2.24, 2.45) is 0 Å². The van der Waals surface area contributed by atoms with E-state index in [1.807, 2.05) is 23.9 Å². The maximum atomic E-state index is 10.3. The van der Waals surface area contributed by atoms with Crippen LogP contribution in [0.5, 0.6) is 0 Å². The second kappa shape index (κ2) is 9.90. The molecule has 0 atom stereocenters. The van der Waals surface area contributed by atoms with Crippen LogP contribution in [-0.2, 0) is 11.8 Å². The largest absolute Gasteiger partial charge is 0.309 e. The molecule has 0 bridgehead atoms. The van der Waals surface area contributed by atoms with Crippen molar-refractivity contribution in [3.8, 4) is 22.9 Å². The number of fused-ring (bicyclic) bond motifs is 7. The number of thioether (sulfide) groups is 1. The van der Waals surface area contributed by atoms with E-state index < -0.39 is 0 Å². The Morgan fingerprint density at radius 2 is 1.49 bits per heavy atom. The predicted molar refractivity (Wildman–Crippen MR) is 181 cm³/mol. The summed E-state index contributed by atoms with van der Waals surface area (Å²) in [5.41, 5.74) is 13.0. The number of benzene rings is 5. The van der Waals surface area contributed by atoms with Crippen LogP contribution in [-0.4, -0.2) is 10.3 Å². The van der Waals surface area contributed by atoms with Crippen LogP contribution in [0.3, 0.4) is 0 Å². The highest BCUT2D eigenvalue weighted by molar-refractivity contribution is 7.99. The van der Waals surface area contributed by atoms with Gasteiger partial charge in [-0.05, 0) is 70.2 Å². The molecular weight excluding hydrogens is 541 g/mol. The van der Waals surface area contributed by atoms with E-state index in [-0.39, 0.29) is 5.41 Å². The molecule has 2 nitrogen and oxygen atoms in total. The normalized spacial score (nSPS) is 17.8. The van der Waals surface area contributed by atoms with Crippen molar-refractivity contribution in [1.29, 1.82) is 5.26 Å². The number of nitrogens with zero attached hydrogens (tertiary/aromatic N) is 2. The van der Waals surface area contributed by atoms with E-state index in [9.17, 15) is 5.26 Å². The van der Waals surface area contributed by atoms with Crippen LogP contribution in [0.2, 0.25) is 0 Å². The van der Waals surface area contributed by atoms with Gasteiger partial charge in [-0.1, -0.05) is 105 Å². The Morgan fingerprint density at radius 1 is 0.767 bits per heavy atom. The summed E-state index contributed by atoms with van der Waals surface area (Å²) in [5, 5.41) is 12.8. The Labute approximate surface area is 256 Å². The molecule has 8 rings (SSSR count). The summed E-state index contributed by atoms with van der Waals surface area (Å²) in [7, 11) is 0. The van der Waals surface area contributed by atoms with Crippen molar-refractivity contribution in [1.82, 2.24) is 4.57 Å². The zero-order chi connectivity index (χ0) is 29.1. The van der Waals surface area contributed by atoms with Gasteiger partial charge in [0.2, 0.25) is 0 Å². The Kier molecular flexibility index (Phi) is 5.96. The number of para-hydroxylation sites is 2. The molecule has 1 aromatic heterocycles. The molecule has 43 heavy (non-hydrogen) atoms. The fraction of sp³-hybridized carbons (Fsp3) is 0.125. The van der Waals surface area contributed by atoms with Gasteiger partial charge in [0.15, 0.2) is 0 Å². The lowest BCUT2D eigenvalue weighted by Gasteiger charge is -2.22. The number of rotatable bonds is 2. The molecule has 0 spiro atoms. The summed E-state index contributed by atoms with van der Waals surface area (Å²) in [6.07, 6.45) is 5.74. The summed E-state index contributed by atoms with van der Waals surface area (Å²) < 4.78 is 2.32. The van der Waals surface area contributed by atoms with Gasteiger partial charge >= 0.3 is 0 Å². The third-order valence-corrected chi connectivity index (χ3v) is 10.3. The number of nitriles is 1. The summed E-state index contributed by atoms with van der Waals surface area (Å²) in [6, 6.07) is 41.4. The average molecular weight is 571 g/mol. The van der Waals surface area contributed by atoms with Gasteiger partial charge in [-0.3, -0.25) is 0 Å². The number of allylic oxidation sites excluding steroid dienone is 3. The van der Waals surface area contributed by atoms with Crippen LogP contribution in [0.4, 0.5) is 0 Å². The molecule has 206 valence electrons. The minimum atomic E-state index is -0.00633. The van der Waals surface area contributed by atoms with Crippen LogP contribution in [0, 0.1) is 11.3 Å². The van der Waals surface area contributed by atoms with Gasteiger partial charge in [-0.25, -0.2) is 0 Å². The highest BCUT2D eigenvalue weighted by atomic mass is 32.2. The molecule has 0 N–H and O–H groups in total. The Morgan fingerprint density at radius 3 is 2.26 bits per heavy atom. The van der Waals surface area contributed by atoms with Crippen LogP contribution < -0.4 is 0 Å². The Bertz CT molecular complexity index is 2150. The highest BCUT2D eigenvalue weighted by Crippen LogP contribution is 2.50. The zero-order valence-electron chi connectivity index (χ0n) is 24.3. The Balaban J connectivity index is 1.29. The monoisotopic (exact) mass is 570 g/mol. The molecule has 2 aliphatic rings. The number of aromatic nitrogens is 1. The summed E-state index contributed by atoms with van der Waals surface area (Å²) in [5.74, 6) is 0.903. The molecule has 0 amide bonds. The minimum Gasteiger partial charge on any atom is -0.309 e. The second-order valence-corrected chi connectivity index (χ2v) is 13.0.